The molecule has 0 bridgehead atoms. The normalized spacial score (nSPS) is 13.4. The minimum atomic E-state index is -0.323. The Hall–Kier alpha value is -3.00. The van der Waals surface area contributed by atoms with Crippen molar-refractivity contribution in [2.75, 3.05) is 11.9 Å². The fourth-order valence-corrected chi connectivity index (χ4v) is 3.21. The van der Waals surface area contributed by atoms with Gasteiger partial charge in [0.1, 0.15) is 4.88 Å². The summed E-state index contributed by atoms with van der Waals surface area (Å²) in [6, 6.07) is 10.5. The van der Waals surface area contributed by atoms with Crippen molar-refractivity contribution < 1.29 is 14.0 Å². The number of aromatic nitrogens is 2. The number of nitrogens with zero attached hydrogens (tertiary/aromatic N) is 2. The largest absolute Gasteiger partial charge is 0.420 e. The van der Waals surface area contributed by atoms with E-state index in [4.69, 9.17) is 4.42 Å². The van der Waals surface area contributed by atoms with Gasteiger partial charge in [-0.15, -0.1) is 21.5 Å². The molecule has 8 heteroatoms. The lowest BCUT2D eigenvalue weighted by Crippen LogP contribution is -2.32. The quantitative estimate of drug-likeness (QED) is 0.697. The zero-order chi connectivity index (χ0) is 17.9. The van der Waals surface area contributed by atoms with Crippen LogP contribution in [0.2, 0.25) is 0 Å². The fraction of sp³-hybridized carbons (Fsp3) is 0.222. The molecule has 2 heterocycles. The number of hydrogen-bond donors (Lipinski definition) is 2. The average molecular weight is 368 g/mol. The maximum atomic E-state index is 12.2. The van der Waals surface area contributed by atoms with Crippen LogP contribution in [-0.4, -0.2) is 28.6 Å². The topological polar surface area (TPSA) is 97.1 Å². The zero-order valence-electron chi connectivity index (χ0n) is 13.8. The molecule has 7 nitrogen and oxygen atoms in total. The van der Waals surface area contributed by atoms with Gasteiger partial charge in [0.05, 0.1) is 12.2 Å². The zero-order valence-corrected chi connectivity index (χ0v) is 14.6. The number of thiophene rings is 1. The Labute approximate surface area is 153 Å². The molecule has 3 aromatic rings. The lowest BCUT2D eigenvalue weighted by molar-refractivity contribution is -0.115. The second-order valence-corrected chi connectivity index (χ2v) is 6.90. The van der Waals surface area contributed by atoms with E-state index >= 15 is 0 Å². The van der Waals surface area contributed by atoms with Crippen molar-refractivity contribution in [3.63, 3.8) is 0 Å². The van der Waals surface area contributed by atoms with Crippen LogP contribution in [0.1, 0.15) is 35.0 Å². The van der Waals surface area contributed by atoms with Crippen LogP contribution in [0.3, 0.4) is 0 Å². The first kappa shape index (κ1) is 16.5. The Kier molecular flexibility index (Phi) is 4.49. The molecule has 0 aliphatic heterocycles. The number of carbonyl (C=O) groups is 2. The van der Waals surface area contributed by atoms with Crippen LogP contribution in [0.15, 0.2) is 46.2 Å². The van der Waals surface area contributed by atoms with Gasteiger partial charge in [-0.1, -0.05) is 18.2 Å². The van der Waals surface area contributed by atoms with Gasteiger partial charge >= 0.3 is 0 Å². The van der Waals surface area contributed by atoms with E-state index in [0.717, 1.165) is 12.8 Å². The summed E-state index contributed by atoms with van der Waals surface area (Å²) < 4.78 is 5.70. The Morgan fingerprint density at radius 1 is 1.15 bits per heavy atom. The maximum absolute atomic E-state index is 12.2. The first-order valence-electron chi connectivity index (χ1n) is 8.25. The second kappa shape index (κ2) is 7.09. The SMILES string of the molecule is O=C(CNC(=O)c1ccccc1)Nc1ccsc1-c1nnc(C2CC2)o1. The fourth-order valence-electron chi connectivity index (χ4n) is 2.44. The van der Waals surface area contributed by atoms with Gasteiger partial charge in [0, 0.05) is 11.5 Å². The summed E-state index contributed by atoms with van der Waals surface area (Å²) in [5.74, 6) is 0.821. The van der Waals surface area contributed by atoms with Gasteiger partial charge < -0.3 is 15.1 Å². The molecule has 1 aromatic carbocycles. The molecule has 1 fully saturated rings. The van der Waals surface area contributed by atoms with Gasteiger partial charge in [0.2, 0.25) is 11.8 Å². The summed E-state index contributed by atoms with van der Waals surface area (Å²) in [6.45, 7) is -0.125. The predicted octanol–water partition coefficient (Wildman–Crippen LogP) is 3.04. The number of nitrogens with one attached hydrogen (secondary N) is 2. The van der Waals surface area contributed by atoms with E-state index in [-0.39, 0.29) is 18.4 Å². The monoisotopic (exact) mass is 368 g/mol. The Balaban J connectivity index is 1.37. The highest BCUT2D eigenvalue weighted by Crippen LogP contribution is 2.41. The highest BCUT2D eigenvalue weighted by molar-refractivity contribution is 7.14. The van der Waals surface area contributed by atoms with Crippen molar-refractivity contribution in [2.24, 2.45) is 0 Å². The molecule has 1 aliphatic rings. The number of carbonyl (C=O) groups excluding carboxylic acids is 2. The number of rotatable bonds is 6. The molecule has 0 radical (unpaired) electrons. The van der Waals surface area contributed by atoms with E-state index in [1.807, 2.05) is 11.4 Å². The van der Waals surface area contributed by atoms with Crippen molar-refractivity contribution >= 4 is 28.8 Å². The van der Waals surface area contributed by atoms with E-state index in [1.54, 1.807) is 30.3 Å². The number of anilines is 1. The molecule has 26 heavy (non-hydrogen) atoms. The molecule has 0 unspecified atom stereocenters. The Morgan fingerprint density at radius 2 is 1.96 bits per heavy atom. The Morgan fingerprint density at radius 3 is 2.73 bits per heavy atom. The molecular formula is C18H16N4O3S. The molecule has 0 saturated heterocycles. The van der Waals surface area contributed by atoms with E-state index in [0.29, 0.717) is 33.8 Å². The third kappa shape index (κ3) is 3.65. The molecule has 2 aromatic heterocycles. The van der Waals surface area contributed by atoms with Crippen molar-refractivity contribution in [1.29, 1.82) is 0 Å². The van der Waals surface area contributed by atoms with Crippen LogP contribution in [-0.2, 0) is 4.79 Å². The van der Waals surface area contributed by atoms with Gasteiger partial charge in [-0.05, 0) is 36.4 Å². The predicted molar refractivity (Wildman–Crippen MR) is 97.0 cm³/mol. The summed E-state index contributed by atoms with van der Waals surface area (Å²) in [6.07, 6.45) is 2.16. The van der Waals surface area contributed by atoms with Crippen LogP contribution in [0.25, 0.3) is 10.8 Å². The molecule has 4 rings (SSSR count). The first-order chi connectivity index (χ1) is 12.7. The third-order valence-electron chi connectivity index (χ3n) is 3.95. The van der Waals surface area contributed by atoms with Crippen LogP contribution in [0, 0.1) is 0 Å². The molecule has 1 saturated carbocycles. The van der Waals surface area contributed by atoms with Crippen molar-refractivity contribution in [3.05, 3.63) is 53.2 Å². The molecule has 2 N–H and O–H groups in total. The molecular weight excluding hydrogens is 352 g/mol. The first-order valence-corrected chi connectivity index (χ1v) is 9.13. The highest BCUT2D eigenvalue weighted by atomic mass is 32.1. The van der Waals surface area contributed by atoms with Crippen LogP contribution < -0.4 is 10.6 Å². The summed E-state index contributed by atoms with van der Waals surface area (Å²) >= 11 is 1.41. The van der Waals surface area contributed by atoms with Gasteiger partial charge in [-0.25, -0.2) is 0 Å². The van der Waals surface area contributed by atoms with Gasteiger partial charge in [-0.2, -0.15) is 0 Å². The number of amides is 2. The summed E-state index contributed by atoms with van der Waals surface area (Å²) in [7, 11) is 0. The molecule has 0 spiro atoms. The van der Waals surface area contributed by atoms with Crippen molar-refractivity contribution in [3.8, 4) is 10.8 Å². The van der Waals surface area contributed by atoms with Gasteiger partial charge in [-0.3, -0.25) is 9.59 Å². The standard InChI is InChI=1S/C18H16N4O3S/c23-14(10-19-16(24)11-4-2-1-3-5-11)20-13-8-9-26-15(13)18-22-21-17(25-18)12-6-7-12/h1-5,8-9,12H,6-7,10H2,(H,19,24)(H,20,23). The van der Waals surface area contributed by atoms with E-state index in [9.17, 15) is 9.59 Å². The average Bonchev–Trinajstić information content (AvgIpc) is 3.22. The lowest BCUT2D eigenvalue weighted by Gasteiger charge is -2.06. The van der Waals surface area contributed by atoms with Crippen LogP contribution in [0.5, 0.6) is 0 Å². The molecule has 2 amide bonds. The minimum absolute atomic E-state index is 0.125. The molecule has 0 atom stereocenters. The summed E-state index contributed by atoms with van der Waals surface area (Å²) in [5.41, 5.74) is 1.11. The third-order valence-corrected chi connectivity index (χ3v) is 4.85. The van der Waals surface area contributed by atoms with Gasteiger partial charge in [0.15, 0.2) is 0 Å². The number of hydrogen-bond acceptors (Lipinski definition) is 6. The van der Waals surface area contributed by atoms with E-state index < -0.39 is 0 Å². The van der Waals surface area contributed by atoms with Crippen LogP contribution >= 0.6 is 11.3 Å². The van der Waals surface area contributed by atoms with Gasteiger partial charge in [0.25, 0.3) is 11.8 Å². The Bertz CT molecular complexity index is 931. The van der Waals surface area contributed by atoms with Crippen LogP contribution in [0.4, 0.5) is 5.69 Å². The minimum Gasteiger partial charge on any atom is -0.420 e. The van der Waals surface area contributed by atoms with Crippen molar-refractivity contribution in [1.82, 2.24) is 15.5 Å². The van der Waals surface area contributed by atoms with E-state index in [1.165, 1.54) is 11.3 Å². The molecule has 132 valence electrons. The molecule has 1 aliphatic carbocycles. The summed E-state index contributed by atoms with van der Waals surface area (Å²) in [5, 5.41) is 15.4. The van der Waals surface area contributed by atoms with E-state index in [2.05, 4.69) is 20.8 Å². The number of benzene rings is 1. The summed E-state index contributed by atoms with van der Waals surface area (Å²) in [4.78, 5) is 24.9. The lowest BCUT2D eigenvalue weighted by atomic mass is 10.2. The second-order valence-electron chi connectivity index (χ2n) is 5.98. The van der Waals surface area contributed by atoms with Crippen molar-refractivity contribution in [2.45, 2.75) is 18.8 Å². The highest BCUT2D eigenvalue weighted by Gasteiger charge is 2.30. The maximum Gasteiger partial charge on any atom is 0.259 e. The smallest absolute Gasteiger partial charge is 0.259 e.